The maximum absolute atomic E-state index is 11.2. The van der Waals surface area contributed by atoms with Crippen molar-refractivity contribution in [1.82, 2.24) is 4.90 Å². The zero-order chi connectivity index (χ0) is 15.4. The van der Waals surface area contributed by atoms with Crippen LogP contribution in [0, 0.1) is 0 Å². The lowest BCUT2D eigenvalue weighted by molar-refractivity contribution is 0.0693. The van der Waals surface area contributed by atoms with E-state index in [2.05, 4.69) is 32.3 Å². The first kappa shape index (κ1) is 16.0. The molecule has 0 spiro atoms. The van der Waals surface area contributed by atoms with Gasteiger partial charge in [-0.1, -0.05) is 6.07 Å². The summed E-state index contributed by atoms with van der Waals surface area (Å²) in [6, 6.07) is 7.36. The zero-order valence-electron chi connectivity index (χ0n) is 11.8. The van der Waals surface area contributed by atoms with E-state index < -0.39 is 5.97 Å². The Labute approximate surface area is 136 Å². The predicted molar refractivity (Wildman–Crippen MR) is 87.1 cm³/mol. The summed E-state index contributed by atoms with van der Waals surface area (Å²) in [5, 5.41) is 11.3. The monoisotopic (exact) mass is 369 g/mol. The van der Waals surface area contributed by atoms with Crippen molar-refractivity contribution in [1.29, 1.82) is 0 Å². The molecule has 4 nitrogen and oxygen atoms in total. The Hall–Kier alpha value is -1.37. The number of benzene rings is 1. The molecule has 0 unspecified atom stereocenters. The summed E-state index contributed by atoms with van der Waals surface area (Å²) < 4.78 is 6.18. The summed E-state index contributed by atoms with van der Waals surface area (Å²) in [4.78, 5) is 13.4. The maximum atomic E-state index is 11.2. The van der Waals surface area contributed by atoms with E-state index in [1.807, 2.05) is 13.1 Å². The van der Waals surface area contributed by atoms with Gasteiger partial charge < -0.3 is 9.84 Å². The smallest absolute Gasteiger partial charge is 0.339 e. The summed E-state index contributed by atoms with van der Waals surface area (Å²) in [7, 11) is 3.48. The van der Waals surface area contributed by atoms with Crippen LogP contribution >= 0.6 is 27.3 Å². The first-order valence-corrected chi connectivity index (χ1v) is 7.98. The number of hydrogen-bond donors (Lipinski definition) is 1. The lowest BCUT2D eigenvalue weighted by atomic mass is 10.1. The molecule has 1 aromatic heterocycles. The average Bonchev–Trinajstić information content (AvgIpc) is 2.83. The van der Waals surface area contributed by atoms with Crippen molar-refractivity contribution in [2.24, 2.45) is 0 Å². The van der Waals surface area contributed by atoms with Gasteiger partial charge in [-0.05, 0) is 57.7 Å². The van der Waals surface area contributed by atoms with Gasteiger partial charge in [0.05, 0.1) is 10.9 Å². The number of rotatable bonds is 6. The van der Waals surface area contributed by atoms with Gasteiger partial charge in [0.15, 0.2) is 0 Å². The van der Waals surface area contributed by atoms with Crippen LogP contribution in [-0.2, 0) is 13.1 Å². The Morgan fingerprint density at radius 3 is 2.62 bits per heavy atom. The fourth-order valence-corrected chi connectivity index (χ4v) is 3.33. The quantitative estimate of drug-likeness (QED) is 0.839. The highest BCUT2D eigenvalue weighted by Gasteiger charge is 2.12. The summed E-state index contributed by atoms with van der Waals surface area (Å²) in [6.07, 6.45) is 0. The van der Waals surface area contributed by atoms with Crippen molar-refractivity contribution in [3.8, 4) is 5.75 Å². The first-order valence-electron chi connectivity index (χ1n) is 6.31. The van der Waals surface area contributed by atoms with Gasteiger partial charge in [0, 0.05) is 13.1 Å². The number of nitrogens with zero attached hydrogens (tertiary/aromatic N) is 1. The van der Waals surface area contributed by atoms with E-state index >= 15 is 0 Å². The van der Waals surface area contributed by atoms with Crippen LogP contribution in [0.4, 0.5) is 0 Å². The average molecular weight is 370 g/mol. The molecule has 0 aliphatic rings. The Kier molecular flexibility index (Phi) is 5.39. The maximum Gasteiger partial charge on any atom is 0.339 e. The van der Waals surface area contributed by atoms with E-state index in [4.69, 9.17) is 4.74 Å². The standard InChI is InChI=1S/C15H16BrNO3S/c1-17(8-11-6-14(16)21-9-11)7-10-3-4-13(20-2)12(5-10)15(18)19/h3-6,9H,7-8H2,1-2H3,(H,18,19). The SMILES string of the molecule is COc1ccc(CN(C)Cc2csc(Br)c2)cc1C(=O)O. The molecular weight excluding hydrogens is 354 g/mol. The van der Waals surface area contributed by atoms with E-state index in [-0.39, 0.29) is 5.56 Å². The minimum atomic E-state index is -0.974. The summed E-state index contributed by atoms with van der Waals surface area (Å²) in [6.45, 7) is 1.49. The molecule has 0 fully saturated rings. The second-order valence-corrected chi connectivity index (χ2v) is 7.06. The number of methoxy groups -OCH3 is 1. The normalized spacial score (nSPS) is 10.9. The minimum Gasteiger partial charge on any atom is -0.496 e. The van der Waals surface area contributed by atoms with Crippen LogP contribution in [0.3, 0.4) is 0 Å². The molecule has 2 aromatic rings. The lowest BCUT2D eigenvalue weighted by Crippen LogP contribution is -2.17. The Balaban J connectivity index is 2.08. The highest BCUT2D eigenvalue weighted by molar-refractivity contribution is 9.11. The second-order valence-electron chi connectivity index (χ2n) is 4.77. The molecule has 1 heterocycles. The third-order valence-electron chi connectivity index (χ3n) is 3.02. The fraction of sp³-hybridized carbons (Fsp3) is 0.267. The van der Waals surface area contributed by atoms with Crippen LogP contribution in [0.1, 0.15) is 21.5 Å². The number of carboxylic acids is 1. The first-order chi connectivity index (χ1) is 9.99. The molecule has 0 amide bonds. The number of ether oxygens (including phenoxy) is 1. The molecule has 1 N–H and O–H groups in total. The summed E-state index contributed by atoms with van der Waals surface area (Å²) >= 11 is 5.11. The Morgan fingerprint density at radius 2 is 2.05 bits per heavy atom. The van der Waals surface area contributed by atoms with Crippen molar-refractivity contribution in [2.45, 2.75) is 13.1 Å². The van der Waals surface area contributed by atoms with Crippen LogP contribution in [0.15, 0.2) is 33.4 Å². The summed E-state index contributed by atoms with van der Waals surface area (Å²) in [5.74, 6) is -0.589. The molecule has 0 atom stereocenters. The van der Waals surface area contributed by atoms with Crippen LogP contribution in [0.5, 0.6) is 5.75 Å². The molecule has 0 aliphatic heterocycles. The molecule has 6 heteroatoms. The van der Waals surface area contributed by atoms with E-state index in [9.17, 15) is 9.90 Å². The third kappa shape index (κ3) is 4.30. The van der Waals surface area contributed by atoms with Gasteiger partial charge in [-0.25, -0.2) is 4.79 Å². The molecule has 0 aliphatic carbocycles. The molecule has 2 rings (SSSR count). The molecule has 112 valence electrons. The van der Waals surface area contributed by atoms with Crippen molar-refractivity contribution in [3.63, 3.8) is 0 Å². The molecule has 1 aromatic carbocycles. The Bertz CT molecular complexity index is 642. The van der Waals surface area contributed by atoms with E-state index in [0.717, 1.165) is 15.9 Å². The molecule has 21 heavy (non-hydrogen) atoms. The van der Waals surface area contributed by atoms with Crippen LogP contribution in [-0.4, -0.2) is 30.1 Å². The number of halogens is 1. The number of carboxylic acid groups (broad SMARTS) is 1. The highest BCUT2D eigenvalue weighted by Crippen LogP contribution is 2.23. The van der Waals surface area contributed by atoms with Crippen LogP contribution in [0.25, 0.3) is 0 Å². The van der Waals surface area contributed by atoms with Crippen LogP contribution in [0.2, 0.25) is 0 Å². The van der Waals surface area contributed by atoms with Gasteiger partial charge in [-0.2, -0.15) is 0 Å². The topological polar surface area (TPSA) is 49.8 Å². The summed E-state index contributed by atoms with van der Waals surface area (Å²) in [5.41, 5.74) is 2.38. The number of hydrogen-bond acceptors (Lipinski definition) is 4. The van der Waals surface area contributed by atoms with E-state index in [1.54, 1.807) is 23.5 Å². The zero-order valence-corrected chi connectivity index (χ0v) is 14.2. The molecule has 0 saturated heterocycles. The lowest BCUT2D eigenvalue weighted by Gasteiger charge is -2.17. The third-order valence-corrected chi connectivity index (χ3v) is 4.57. The number of thiophene rings is 1. The number of aromatic carboxylic acids is 1. The van der Waals surface area contributed by atoms with Gasteiger partial charge in [0.2, 0.25) is 0 Å². The fourth-order valence-electron chi connectivity index (χ4n) is 2.13. The largest absolute Gasteiger partial charge is 0.496 e. The molecule has 0 saturated carbocycles. The van der Waals surface area contributed by atoms with Gasteiger partial charge >= 0.3 is 5.97 Å². The predicted octanol–water partition coefficient (Wildman–Crippen LogP) is 3.85. The van der Waals surface area contributed by atoms with Crippen molar-refractivity contribution in [2.75, 3.05) is 14.2 Å². The van der Waals surface area contributed by atoms with Crippen molar-refractivity contribution in [3.05, 3.63) is 50.1 Å². The molecule has 0 bridgehead atoms. The second kappa shape index (κ2) is 7.06. The van der Waals surface area contributed by atoms with Gasteiger partial charge in [-0.15, -0.1) is 11.3 Å². The van der Waals surface area contributed by atoms with Gasteiger partial charge in [0.25, 0.3) is 0 Å². The number of carbonyl (C=O) groups is 1. The van der Waals surface area contributed by atoms with Gasteiger partial charge in [0.1, 0.15) is 11.3 Å². The highest BCUT2D eigenvalue weighted by atomic mass is 79.9. The van der Waals surface area contributed by atoms with Crippen LogP contribution < -0.4 is 4.74 Å². The molecule has 0 radical (unpaired) electrons. The minimum absolute atomic E-state index is 0.196. The Morgan fingerprint density at radius 1 is 1.33 bits per heavy atom. The van der Waals surface area contributed by atoms with E-state index in [1.165, 1.54) is 12.7 Å². The van der Waals surface area contributed by atoms with Crippen molar-refractivity contribution < 1.29 is 14.6 Å². The van der Waals surface area contributed by atoms with Gasteiger partial charge in [-0.3, -0.25) is 4.90 Å². The molecular formula is C15H16BrNO3S. The van der Waals surface area contributed by atoms with E-state index in [0.29, 0.717) is 12.3 Å². The van der Waals surface area contributed by atoms with Crippen molar-refractivity contribution >= 4 is 33.2 Å².